The minimum absolute atomic E-state index is 0.0899. The Kier molecular flexibility index (Phi) is 4.20. The van der Waals surface area contributed by atoms with E-state index in [1.54, 1.807) is 12.1 Å². The molecule has 0 spiro atoms. The molecule has 122 valence electrons. The third kappa shape index (κ3) is 2.48. The Morgan fingerprint density at radius 3 is 2.46 bits per heavy atom. The Morgan fingerprint density at radius 1 is 1.12 bits per heavy atom. The molecule has 0 amide bonds. The molecule has 1 aliphatic heterocycles. The van der Waals surface area contributed by atoms with Crippen molar-refractivity contribution < 1.29 is 4.39 Å². The number of nitrogens with zero attached hydrogens (tertiary/aromatic N) is 5. The summed E-state index contributed by atoms with van der Waals surface area (Å²) in [7, 11) is 0. The van der Waals surface area contributed by atoms with Crippen LogP contribution in [-0.4, -0.2) is 5.71 Å². The topological polar surface area (TPSA) is 108 Å². The molecular weight excluding hydrogens is 329 g/mol. The Bertz CT molecular complexity index is 1100. The average molecular weight is 339 g/mol. The lowest BCUT2D eigenvalue weighted by molar-refractivity contribution is 0.627. The number of benzene rings is 1. The maximum atomic E-state index is 13.9. The van der Waals surface area contributed by atoms with Gasteiger partial charge < -0.3 is 0 Å². The van der Waals surface area contributed by atoms with E-state index in [0.717, 1.165) is 5.57 Å². The molecule has 5 nitrogen and oxygen atoms in total. The Balaban J connectivity index is 2.45. The molecule has 0 unspecified atom stereocenters. The van der Waals surface area contributed by atoms with Gasteiger partial charge in [0.25, 0.3) is 0 Å². The van der Waals surface area contributed by atoms with Gasteiger partial charge in [0.1, 0.15) is 35.7 Å². The van der Waals surface area contributed by atoms with Crippen LogP contribution in [0.1, 0.15) is 24.5 Å². The zero-order valence-electron chi connectivity index (χ0n) is 13.7. The van der Waals surface area contributed by atoms with E-state index in [2.05, 4.69) is 4.99 Å². The minimum Gasteiger partial charge on any atom is -0.235 e. The maximum Gasteiger partial charge on any atom is 0.158 e. The second-order valence-corrected chi connectivity index (χ2v) is 5.86. The van der Waals surface area contributed by atoms with Crippen molar-refractivity contribution in [1.82, 2.24) is 0 Å². The molecule has 0 radical (unpaired) electrons. The number of nitriles is 4. The first-order valence-corrected chi connectivity index (χ1v) is 7.74. The number of rotatable bonds is 0. The molecule has 2 aliphatic rings. The first-order chi connectivity index (χ1) is 12.5. The highest BCUT2D eigenvalue weighted by Crippen LogP contribution is 2.48. The summed E-state index contributed by atoms with van der Waals surface area (Å²) in [5.74, 6) is -0.599. The zero-order valence-corrected chi connectivity index (χ0v) is 13.7. The molecule has 1 aromatic rings. The molecule has 0 saturated heterocycles. The first kappa shape index (κ1) is 16.8. The molecule has 3 rings (SSSR count). The lowest BCUT2D eigenvalue weighted by Crippen LogP contribution is -2.06. The van der Waals surface area contributed by atoms with Gasteiger partial charge in [0.05, 0.1) is 11.3 Å². The third-order valence-electron chi connectivity index (χ3n) is 4.38. The lowest BCUT2D eigenvalue weighted by Gasteiger charge is -2.16. The van der Waals surface area contributed by atoms with Gasteiger partial charge in [0.2, 0.25) is 0 Å². The van der Waals surface area contributed by atoms with Crippen LogP contribution in [0.15, 0.2) is 46.1 Å². The third-order valence-corrected chi connectivity index (χ3v) is 4.38. The second kappa shape index (κ2) is 6.48. The van der Waals surface area contributed by atoms with Gasteiger partial charge >= 0.3 is 0 Å². The van der Waals surface area contributed by atoms with Crippen molar-refractivity contribution in [3.8, 4) is 24.3 Å². The number of hydrogen-bond acceptors (Lipinski definition) is 5. The summed E-state index contributed by atoms with van der Waals surface area (Å²) in [6, 6.07) is 11.7. The molecule has 0 saturated carbocycles. The van der Waals surface area contributed by atoms with E-state index in [4.69, 9.17) is 0 Å². The van der Waals surface area contributed by atoms with Gasteiger partial charge in [-0.05, 0) is 41.2 Å². The van der Waals surface area contributed by atoms with Crippen LogP contribution in [0.4, 0.5) is 4.39 Å². The maximum absolute atomic E-state index is 13.9. The highest BCUT2D eigenvalue weighted by atomic mass is 19.1. The summed E-state index contributed by atoms with van der Waals surface area (Å²) in [5, 5.41) is 37.4. The van der Waals surface area contributed by atoms with Crippen molar-refractivity contribution in [3.63, 3.8) is 0 Å². The summed E-state index contributed by atoms with van der Waals surface area (Å²) < 4.78 is 13.9. The van der Waals surface area contributed by atoms with Gasteiger partial charge in [0.15, 0.2) is 5.71 Å². The zero-order chi connectivity index (χ0) is 18.8. The van der Waals surface area contributed by atoms with E-state index in [0.29, 0.717) is 17.5 Å². The summed E-state index contributed by atoms with van der Waals surface area (Å²) >= 11 is 0. The standard InChI is InChI=1S/C20H10FN5/c1-11-2-3-12(7-22)17(10-25)26-20-18(11)15-5-4-14(21)6-16(15)19(20)13(8-23)9-24/h3-6,11H,2H2,1H3/b12-3+,26-17-/t11-/m0/s1. The number of aliphatic imine (C=N–C) groups is 1. The van der Waals surface area contributed by atoms with Crippen molar-refractivity contribution in [1.29, 1.82) is 21.0 Å². The van der Waals surface area contributed by atoms with E-state index >= 15 is 0 Å². The fraction of sp³-hybridized carbons (Fsp3) is 0.150. The monoisotopic (exact) mass is 339 g/mol. The Labute approximate surface area is 149 Å². The number of halogens is 1. The molecular formula is C20H10FN5. The van der Waals surface area contributed by atoms with Crippen LogP contribution in [0.2, 0.25) is 0 Å². The molecule has 0 fully saturated rings. The SMILES string of the molecule is C[C@H]1C/C=C(C#N)/C(C#N)=N\C2=C1c1ccc(F)cc1C2=C(C#N)C#N. The smallest absolute Gasteiger partial charge is 0.158 e. The number of allylic oxidation sites excluding steroid dienone is 5. The minimum atomic E-state index is -0.500. The fourth-order valence-electron chi connectivity index (χ4n) is 3.22. The molecule has 0 bridgehead atoms. The van der Waals surface area contributed by atoms with Crippen LogP contribution in [0.3, 0.4) is 0 Å². The van der Waals surface area contributed by atoms with Crippen LogP contribution in [-0.2, 0) is 0 Å². The fourth-order valence-corrected chi connectivity index (χ4v) is 3.22. The average Bonchev–Trinajstić information content (AvgIpc) is 2.93. The summed E-state index contributed by atoms with van der Waals surface area (Å²) in [4.78, 5) is 4.32. The van der Waals surface area contributed by atoms with Crippen LogP contribution in [0, 0.1) is 57.1 Å². The molecule has 1 heterocycles. The van der Waals surface area contributed by atoms with E-state index in [1.807, 2.05) is 31.2 Å². The highest BCUT2D eigenvalue weighted by molar-refractivity contribution is 6.16. The van der Waals surface area contributed by atoms with Gasteiger partial charge in [-0.25, -0.2) is 9.38 Å². The number of fused-ring (bicyclic) bond motifs is 2. The van der Waals surface area contributed by atoms with Gasteiger partial charge in [-0.2, -0.15) is 21.0 Å². The predicted octanol–water partition coefficient (Wildman–Crippen LogP) is 3.81. The van der Waals surface area contributed by atoms with Crippen molar-refractivity contribution >= 4 is 16.9 Å². The normalized spacial score (nSPS) is 21.9. The molecule has 6 heteroatoms. The van der Waals surface area contributed by atoms with E-state index in [9.17, 15) is 25.4 Å². The molecule has 1 aromatic carbocycles. The van der Waals surface area contributed by atoms with Gasteiger partial charge in [-0.1, -0.05) is 19.1 Å². The Morgan fingerprint density at radius 2 is 1.85 bits per heavy atom. The first-order valence-electron chi connectivity index (χ1n) is 7.74. The van der Waals surface area contributed by atoms with Crippen LogP contribution >= 0.6 is 0 Å². The van der Waals surface area contributed by atoms with Crippen LogP contribution < -0.4 is 0 Å². The van der Waals surface area contributed by atoms with Crippen molar-refractivity contribution in [3.05, 3.63) is 58.1 Å². The quantitative estimate of drug-likeness (QED) is 0.670. The summed E-state index contributed by atoms with van der Waals surface area (Å²) in [6.07, 6.45) is 2.12. The van der Waals surface area contributed by atoms with Gasteiger partial charge in [-0.3, -0.25) is 0 Å². The van der Waals surface area contributed by atoms with Crippen LogP contribution in [0.5, 0.6) is 0 Å². The predicted molar refractivity (Wildman–Crippen MR) is 92.0 cm³/mol. The largest absolute Gasteiger partial charge is 0.235 e. The molecule has 26 heavy (non-hydrogen) atoms. The molecule has 0 aromatic heterocycles. The van der Waals surface area contributed by atoms with Gasteiger partial charge in [0, 0.05) is 5.57 Å². The highest BCUT2D eigenvalue weighted by Gasteiger charge is 2.33. The van der Waals surface area contributed by atoms with Crippen molar-refractivity contribution in [2.24, 2.45) is 10.9 Å². The molecule has 1 aliphatic carbocycles. The van der Waals surface area contributed by atoms with E-state index in [-0.39, 0.29) is 34.0 Å². The van der Waals surface area contributed by atoms with Crippen molar-refractivity contribution in [2.75, 3.05) is 0 Å². The second-order valence-electron chi connectivity index (χ2n) is 5.86. The molecule has 1 atom stereocenters. The number of hydrogen-bond donors (Lipinski definition) is 0. The van der Waals surface area contributed by atoms with Gasteiger partial charge in [-0.15, -0.1) is 0 Å². The Hall–Kier alpha value is -4.00. The van der Waals surface area contributed by atoms with Crippen molar-refractivity contribution in [2.45, 2.75) is 13.3 Å². The summed E-state index contributed by atoms with van der Waals surface area (Å²) in [6.45, 7) is 1.92. The van der Waals surface area contributed by atoms with E-state index in [1.165, 1.54) is 12.1 Å². The van der Waals surface area contributed by atoms with E-state index < -0.39 is 5.82 Å². The van der Waals surface area contributed by atoms with Crippen LogP contribution in [0.25, 0.3) is 11.1 Å². The lowest BCUT2D eigenvalue weighted by atomic mass is 9.90. The summed E-state index contributed by atoms with van der Waals surface area (Å²) in [5.41, 5.74) is 2.16. The molecule has 0 N–H and O–H groups in total.